The molecule has 1 nitrogen and oxygen atoms in total. The summed E-state index contributed by atoms with van der Waals surface area (Å²) in [6.07, 6.45) is 0. The topological polar surface area (TPSA) is 12.9 Å². The monoisotopic (exact) mass is 265 g/mol. The fourth-order valence-corrected chi connectivity index (χ4v) is 3.32. The molecule has 2 rings (SSSR count). The molecule has 0 unspecified atom stereocenters. The van der Waals surface area contributed by atoms with Crippen molar-refractivity contribution in [2.24, 2.45) is 0 Å². The Morgan fingerprint density at radius 1 is 1.45 bits per heavy atom. The summed E-state index contributed by atoms with van der Waals surface area (Å²) in [5.74, 6) is -0.185. The normalized spacial score (nSPS) is 10.7. The van der Waals surface area contributed by atoms with E-state index in [2.05, 4.69) is 4.98 Å². The van der Waals surface area contributed by atoms with Crippen LogP contribution in [0.1, 0.15) is 3.71 Å². The molecule has 0 aliphatic heterocycles. The molecule has 0 aliphatic rings. The predicted octanol–water partition coefficient (Wildman–Crippen LogP) is 1.74. The number of fused-ring (bicyclic) bond motifs is 1. The molecule has 11 heavy (non-hydrogen) atoms. The van der Waals surface area contributed by atoms with Gasteiger partial charge in [-0.25, -0.2) is 0 Å². The number of halogens is 1. The van der Waals surface area contributed by atoms with Gasteiger partial charge in [0.05, 0.1) is 0 Å². The van der Waals surface area contributed by atoms with Crippen LogP contribution in [-0.2, 0) is 0 Å². The molecule has 0 saturated carbocycles. The summed E-state index contributed by atoms with van der Waals surface area (Å²) in [4.78, 5) is 4.25. The van der Waals surface area contributed by atoms with E-state index in [4.69, 9.17) is 0 Å². The van der Waals surface area contributed by atoms with Gasteiger partial charge in [0, 0.05) is 0 Å². The first-order valence-electron chi connectivity index (χ1n) is 3.28. The second-order valence-electron chi connectivity index (χ2n) is 2.34. The van der Waals surface area contributed by atoms with Crippen molar-refractivity contribution in [1.29, 1.82) is 0 Å². The third-order valence-electron chi connectivity index (χ3n) is 1.46. The molecular weight excluding hydrogens is 257 g/mol. The molecule has 0 fully saturated rings. The SMILES string of the molecule is Cc1nc2cc(F)ccc2[te]1. The van der Waals surface area contributed by atoms with E-state index in [9.17, 15) is 4.39 Å². The molecular formula is C8H6FNTe. The quantitative estimate of drug-likeness (QED) is 0.659. The van der Waals surface area contributed by atoms with Gasteiger partial charge in [-0.2, -0.15) is 0 Å². The van der Waals surface area contributed by atoms with Crippen molar-refractivity contribution in [3.8, 4) is 0 Å². The molecule has 1 aromatic heterocycles. The third-order valence-corrected chi connectivity index (χ3v) is 4.17. The van der Waals surface area contributed by atoms with Gasteiger partial charge in [0.1, 0.15) is 0 Å². The standard InChI is InChI=1S/C8H6FNTe/c1-5-10-7-4-6(9)2-3-8(7)11-5/h2-4H,1H3. The molecule has 0 saturated heterocycles. The molecule has 0 atom stereocenters. The van der Waals surface area contributed by atoms with E-state index in [-0.39, 0.29) is 26.2 Å². The van der Waals surface area contributed by atoms with Gasteiger partial charge in [0.15, 0.2) is 0 Å². The molecule has 0 N–H and O–H groups in total. The average Bonchev–Trinajstić information content (AvgIpc) is 2.27. The van der Waals surface area contributed by atoms with Crippen LogP contribution in [0.25, 0.3) is 8.92 Å². The third kappa shape index (κ3) is 1.31. The van der Waals surface area contributed by atoms with Gasteiger partial charge >= 0.3 is 73.4 Å². The van der Waals surface area contributed by atoms with Gasteiger partial charge in [-0.15, -0.1) is 0 Å². The van der Waals surface area contributed by atoms with Crippen molar-refractivity contribution in [3.63, 3.8) is 0 Å². The van der Waals surface area contributed by atoms with Gasteiger partial charge in [-0.1, -0.05) is 0 Å². The van der Waals surface area contributed by atoms with Gasteiger partial charge in [0.25, 0.3) is 0 Å². The van der Waals surface area contributed by atoms with Crippen molar-refractivity contribution in [2.45, 2.75) is 6.92 Å². The van der Waals surface area contributed by atoms with Crippen LogP contribution in [0.5, 0.6) is 0 Å². The molecule has 1 aromatic carbocycles. The Balaban J connectivity index is 2.82. The zero-order valence-electron chi connectivity index (χ0n) is 5.97. The first kappa shape index (κ1) is 7.27. The van der Waals surface area contributed by atoms with E-state index < -0.39 is 0 Å². The van der Waals surface area contributed by atoms with E-state index >= 15 is 0 Å². The van der Waals surface area contributed by atoms with Gasteiger partial charge in [-0.3, -0.25) is 0 Å². The Hall–Kier alpha value is -0.390. The molecule has 0 aliphatic carbocycles. The molecule has 56 valence electrons. The summed E-state index contributed by atoms with van der Waals surface area (Å²) >= 11 is -0.241. The Morgan fingerprint density at radius 3 is 3.09 bits per heavy atom. The van der Waals surface area contributed by atoms with E-state index in [1.165, 1.54) is 19.2 Å². The molecule has 0 spiro atoms. The van der Waals surface area contributed by atoms with Crippen LogP contribution >= 0.6 is 0 Å². The minimum atomic E-state index is -0.241. The number of nitrogens with zero attached hydrogens (tertiary/aromatic N) is 1. The second-order valence-corrected chi connectivity index (χ2v) is 5.87. The second kappa shape index (κ2) is 2.58. The maximum absolute atomic E-state index is 12.6. The number of hydrogen-bond acceptors (Lipinski definition) is 1. The summed E-state index contributed by atoms with van der Waals surface area (Å²) in [6.45, 7) is 2.01. The minimum absolute atomic E-state index is 0.185. The number of aryl methyl sites for hydroxylation is 1. The van der Waals surface area contributed by atoms with Crippen LogP contribution in [0.2, 0.25) is 0 Å². The van der Waals surface area contributed by atoms with Crippen LogP contribution in [0.4, 0.5) is 4.39 Å². The Labute approximate surface area is 73.5 Å². The molecule has 3 heteroatoms. The number of aromatic nitrogens is 1. The average molecular weight is 263 g/mol. The first-order chi connectivity index (χ1) is 5.25. The van der Waals surface area contributed by atoms with E-state index in [1.807, 2.05) is 13.0 Å². The van der Waals surface area contributed by atoms with Crippen molar-refractivity contribution < 1.29 is 4.39 Å². The van der Waals surface area contributed by atoms with Crippen molar-refractivity contribution in [1.82, 2.24) is 4.98 Å². The van der Waals surface area contributed by atoms with Gasteiger partial charge in [0.2, 0.25) is 0 Å². The Kier molecular flexibility index (Phi) is 1.71. The number of rotatable bonds is 0. The van der Waals surface area contributed by atoms with Crippen LogP contribution in [0.15, 0.2) is 18.2 Å². The number of hydrogen-bond donors (Lipinski definition) is 0. The fraction of sp³-hybridized carbons (Fsp3) is 0.125. The van der Waals surface area contributed by atoms with E-state index in [0.29, 0.717) is 0 Å². The molecule has 2 aromatic rings. The van der Waals surface area contributed by atoms with Gasteiger partial charge < -0.3 is 0 Å². The van der Waals surface area contributed by atoms with Crippen molar-refractivity contribution in [3.05, 3.63) is 27.7 Å². The molecule has 0 amide bonds. The fourth-order valence-electron chi connectivity index (χ4n) is 1.02. The molecule has 0 bridgehead atoms. The number of benzene rings is 1. The summed E-state index contributed by atoms with van der Waals surface area (Å²) in [6, 6.07) is 4.88. The van der Waals surface area contributed by atoms with Crippen LogP contribution in [0, 0.1) is 12.7 Å². The summed E-state index contributed by atoms with van der Waals surface area (Å²) < 4.78 is 15.1. The van der Waals surface area contributed by atoms with Crippen LogP contribution in [-0.4, -0.2) is 25.4 Å². The van der Waals surface area contributed by atoms with E-state index in [1.54, 1.807) is 0 Å². The van der Waals surface area contributed by atoms with Crippen LogP contribution < -0.4 is 0 Å². The van der Waals surface area contributed by atoms with Gasteiger partial charge in [-0.05, 0) is 0 Å². The van der Waals surface area contributed by atoms with Crippen molar-refractivity contribution >= 4 is 29.3 Å². The Bertz CT molecular complexity index is 394. The first-order valence-corrected chi connectivity index (χ1v) is 5.61. The van der Waals surface area contributed by atoms with Crippen molar-refractivity contribution in [2.75, 3.05) is 0 Å². The summed E-state index contributed by atoms with van der Waals surface area (Å²) in [5, 5.41) is 0. The molecule has 1 heterocycles. The predicted molar refractivity (Wildman–Crippen MR) is 43.4 cm³/mol. The summed E-state index contributed by atoms with van der Waals surface area (Å²) in [5.41, 5.74) is 0.852. The summed E-state index contributed by atoms with van der Waals surface area (Å²) in [7, 11) is 0. The maximum atomic E-state index is 12.6. The molecule has 0 radical (unpaired) electrons. The zero-order chi connectivity index (χ0) is 7.84. The van der Waals surface area contributed by atoms with E-state index in [0.717, 1.165) is 5.52 Å². The van der Waals surface area contributed by atoms with Crippen LogP contribution in [0.3, 0.4) is 0 Å². The zero-order valence-corrected chi connectivity index (χ0v) is 8.30. The Morgan fingerprint density at radius 2 is 2.27 bits per heavy atom.